The quantitative estimate of drug-likeness (QED) is 0.809. The van der Waals surface area contributed by atoms with Crippen molar-refractivity contribution in [1.82, 2.24) is 14.8 Å². The number of aromatic nitrogens is 3. The van der Waals surface area contributed by atoms with Crippen molar-refractivity contribution in [1.29, 1.82) is 0 Å². The first-order chi connectivity index (χ1) is 7.58. The zero-order valence-electron chi connectivity index (χ0n) is 9.56. The van der Waals surface area contributed by atoms with E-state index in [1.54, 1.807) is 11.8 Å². The Kier molecular flexibility index (Phi) is 2.87. The summed E-state index contributed by atoms with van der Waals surface area (Å²) >= 11 is 1.59. The molecule has 0 aliphatic rings. The van der Waals surface area contributed by atoms with Crippen LogP contribution in [0, 0.1) is 13.8 Å². The summed E-state index contributed by atoms with van der Waals surface area (Å²) in [5.41, 5.74) is 7.73. The summed E-state index contributed by atoms with van der Waals surface area (Å²) in [6, 6.07) is 5.88. The fourth-order valence-electron chi connectivity index (χ4n) is 1.30. The number of anilines is 1. The van der Waals surface area contributed by atoms with Crippen LogP contribution < -0.4 is 5.73 Å². The third-order valence-electron chi connectivity index (χ3n) is 2.47. The molecule has 0 amide bonds. The number of nitrogen functional groups attached to an aromatic ring is 1. The molecule has 0 spiro atoms. The molecular formula is C11H14N4S. The lowest BCUT2D eigenvalue weighted by atomic mass is 10.2. The average Bonchev–Trinajstić information content (AvgIpc) is 2.55. The van der Waals surface area contributed by atoms with Gasteiger partial charge in [0.05, 0.1) is 0 Å². The standard InChI is InChI=1S/C11H14N4S/c1-7-4-5-9(12)6-10(7)16-11-14-13-8(2)15(11)3/h4-6H,12H2,1-3H3. The smallest absolute Gasteiger partial charge is 0.195 e. The molecule has 0 radical (unpaired) electrons. The Balaban J connectivity index is 2.33. The molecule has 0 bridgehead atoms. The van der Waals surface area contributed by atoms with Crippen molar-refractivity contribution in [2.24, 2.45) is 7.05 Å². The van der Waals surface area contributed by atoms with E-state index in [4.69, 9.17) is 5.73 Å². The summed E-state index contributed by atoms with van der Waals surface area (Å²) < 4.78 is 1.97. The first-order valence-corrected chi connectivity index (χ1v) is 5.79. The van der Waals surface area contributed by atoms with Crippen LogP contribution >= 0.6 is 11.8 Å². The fourth-order valence-corrected chi connectivity index (χ4v) is 2.27. The summed E-state index contributed by atoms with van der Waals surface area (Å²) in [7, 11) is 1.96. The van der Waals surface area contributed by atoms with Crippen LogP contribution in [0.1, 0.15) is 11.4 Å². The number of rotatable bonds is 2. The van der Waals surface area contributed by atoms with Crippen molar-refractivity contribution in [2.75, 3.05) is 5.73 Å². The van der Waals surface area contributed by atoms with Gasteiger partial charge in [0.25, 0.3) is 0 Å². The van der Waals surface area contributed by atoms with Crippen LogP contribution in [0.5, 0.6) is 0 Å². The SMILES string of the molecule is Cc1ccc(N)cc1Sc1nnc(C)n1C. The summed E-state index contributed by atoms with van der Waals surface area (Å²) in [4.78, 5) is 1.12. The molecule has 1 aromatic carbocycles. The molecule has 2 aromatic rings. The van der Waals surface area contributed by atoms with Crippen molar-refractivity contribution in [2.45, 2.75) is 23.9 Å². The Labute approximate surface area is 98.9 Å². The van der Waals surface area contributed by atoms with Crippen molar-refractivity contribution in [3.8, 4) is 0 Å². The van der Waals surface area contributed by atoms with Crippen LogP contribution in [0.25, 0.3) is 0 Å². The van der Waals surface area contributed by atoms with Gasteiger partial charge in [0, 0.05) is 17.6 Å². The van der Waals surface area contributed by atoms with Gasteiger partial charge in [0.15, 0.2) is 5.16 Å². The molecule has 2 rings (SSSR count). The molecule has 0 saturated carbocycles. The molecule has 1 heterocycles. The van der Waals surface area contributed by atoms with Crippen LogP contribution in [0.3, 0.4) is 0 Å². The van der Waals surface area contributed by atoms with Crippen molar-refractivity contribution in [3.05, 3.63) is 29.6 Å². The molecule has 0 aliphatic heterocycles. The molecule has 0 aliphatic carbocycles. The summed E-state index contributed by atoms with van der Waals surface area (Å²) in [6.45, 7) is 3.99. The van der Waals surface area contributed by atoms with E-state index in [1.165, 1.54) is 5.56 Å². The fraction of sp³-hybridized carbons (Fsp3) is 0.273. The third-order valence-corrected chi connectivity index (χ3v) is 3.66. The lowest BCUT2D eigenvalue weighted by Crippen LogP contribution is -1.94. The molecule has 1 aromatic heterocycles. The Hall–Kier alpha value is -1.49. The van der Waals surface area contributed by atoms with Crippen molar-refractivity contribution < 1.29 is 0 Å². The lowest BCUT2D eigenvalue weighted by molar-refractivity contribution is 0.765. The highest BCUT2D eigenvalue weighted by atomic mass is 32.2. The maximum absolute atomic E-state index is 5.77. The number of hydrogen-bond acceptors (Lipinski definition) is 4. The van der Waals surface area contributed by atoms with Gasteiger partial charge in [-0.3, -0.25) is 0 Å². The van der Waals surface area contributed by atoms with Crippen molar-refractivity contribution in [3.63, 3.8) is 0 Å². The van der Waals surface area contributed by atoms with Crippen LogP contribution in [-0.4, -0.2) is 14.8 Å². The molecule has 0 atom stereocenters. The average molecular weight is 234 g/mol. The molecule has 2 N–H and O–H groups in total. The number of nitrogens with two attached hydrogens (primary N) is 1. The highest BCUT2D eigenvalue weighted by Crippen LogP contribution is 2.30. The third kappa shape index (κ3) is 2.04. The number of nitrogens with zero attached hydrogens (tertiary/aromatic N) is 3. The van der Waals surface area contributed by atoms with Gasteiger partial charge in [-0.05, 0) is 43.3 Å². The maximum atomic E-state index is 5.77. The maximum Gasteiger partial charge on any atom is 0.195 e. The van der Waals surface area contributed by atoms with E-state index in [2.05, 4.69) is 17.1 Å². The van der Waals surface area contributed by atoms with E-state index in [-0.39, 0.29) is 0 Å². The Morgan fingerprint density at radius 3 is 2.62 bits per heavy atom. The van der Waals surface area contributed by atoms with Crippen LogP contribution in [0.4, 0.5) is 5.69 Å². The van der Waals surface area contributed by atoms with Gasteiger partial charge in [-0.2, -0.15) is 0 Å². The molecular weight excluding hydrogens is 220 g/mol. The molecule has 0 saturated heterocycles. The van der Waals surface area contributed by atoms with Gasteiger partial charge in [-0.15, -0.1) is 10.2 Å². The van der Waals surface area contributed by atoms with Crippen LogP contribution in [-0.2, 0) is 7.05 Å². The summed E-state index contributed by atoms with van der Waals surface area (Å²) in [5, 5.41) is 9.02. The monoisotopic (exact) mass is 234 g/mol. The lowest BCUT2D eigenvalue weighted by Gasteiger charge is -2.05. The van der Waals surface area contributed by atoms with E-state index in [9.17, 15) is 0 Å². The summed E-state index contributed by atoms with van der Waals surface area (Å²) in [6.07, 6.45) is 0. The van der Waals surface area contributed by atoms with Gasteiger partial charge >= 0.3 is 0 Å². The summed E-state index contributed by atoms with van der Waals surface area (Å²) in [5.74, 6) is 0.907. The van der Waals surface area contributed by atoms with Crippen molar-refractivity contribution >= 4 is 17.4 Å². The minimum Gasteiger partial charge on any atom is -0.399 e. The molecule has 5 heteroatoms. The van der Waals surface area contributed by atoms with Gasteiger partial charge in [-0.1, -0.05) is 6.07 Å². The molecule has 0 unspecified atom stereocenters. The van der Waals surface area contributed by atoms with E-state index in [0.29, 0.717) is 0 Å². The molecule has 16 heavy (non-hydrogen) atoms. The molecule has 84 valence electrons. The second-order valence-corrected chi connectivity index (χ2v) is 4.72. The Morgan fingerprint density at radius 1 is 1.25 bits per heavy atom. The first kappa shape index (κ1) is 11.0. The van der Waals surface area contributed by atoms with Crippen LogP contribution in [0.15, 0.2) is 28.3 Å². The molecule has 4 nitrogen and oxygen atoms in total. The van der Waals surface area contributed by atoms with Gasteiger partial charge < -0.3 is 10.3 Å². The van der Waals surface area contributed by atoms with E-state index in [1.807, 2.05) is 36.7 Å². The minimum absolute atomic E-state index is 0.770. The highest BCUT2D eigenvalue weighted by molar-refractivity contribution is 7.99. The highest BCUT2D eigenvalue weighted by Gasteiger charge is 2.08. The topological polar surface area (TPSA) is 56.7 Å². The van der Waals surface area contributed by atoms with E-state index in [0.717, 1.165) is 21.6 Å². The predicted octanol–water partition coefficient (Wildman–Crippen LogP) is 2.17. The first-order valence-electron chi connectivity index (χ1n) is 4.98. The largest absolute Gasteiger partial charge is 0.399 e. The molecule has 0 fully saturated rings. The van der Waals surface area contributed by atoms with E-state index < -0.39 is 0 Å². The van der Waals surface area contributed by atoms with Gasteiger partial charge in [0.2, 0.25) is 0 Å². The number of hydrogen-bond donors (Lipinski definition) is 1. The predicted molar refractivity (Wildman–Crippen MR) is 65.5 cm³/mol. The Morgan fingerprint density at radius 2 is 2.00 bits per heavy atom. The number of benzene rings is 1. The minimum atomic E-state index is 0.770. The normalized spacial score (nSPS) is 10.7. The van der Waals surface area contributed by atoms with Gasteiger partial charge in [-0.25, -0.2) is 0 Å². The zero-order chi connectivity index (χ0) is 11.7. The van der Waals surface area contributed by atoms with E-state index >= 15 is 0 Å². The zero-order valence-corrected chi connectivity index (χ0v) is 10.4. The second-order valence-electron chi connectivity index (χ2n) is 3.72. The Bertz CT molecular complexity index is 519. The number of aryl methyl sites for hydroxylation is 2. The van der Waals surface area contributed by atoms with Crippen LogP contribution in [0.2, 0.25) is 0 Å². The van der Waals surface area contributed by atoms with Gasteiger partial charge in [0.1, 0.15) is 5.82 Å². The second kappa shape index (κ2) is 4.17.